The van der Waals surface area contributed by atoms with Crippen molar-refractivity contribution in [3.05, 3.63) is 46.7 Å². The summed E-state index contributed by atoms with van der Waals surface area (Å²) in [6, 6.07) is 7.96. The minimum atomic E-state index is 0.594. The fourth-order valence-electron chi connectivity index (χ4n) is 1.67. The molecule has 1 aromatic heterocycles. The minimum absolute atomic E-state index is 0.594. The fraction of sp³-hybridized carbons (Fsp3) is 0.308. The predicted molar refractivity (Wildman–Crippen MR) is 74.6 cm³/mol. The average Bonchev–Trinajstić information content (AvgIpc) is 2.85. The van der Waals surface area contributed by atoms with Gasteiger partial charge in [-0.3, -0.25) is 4.68 Å². The number of ether oxygens (including phenoxy) is 1. The lowest BCUT2D eigenvalue weighted by molar-refractivity contribution is 0.289. The lowest BCUT2D eigenvalue weighted by Gasteiger charge is -2.09. The second kappa shape index (κ2) is 6.56. The Balaban J connectivity index is 1.89. The van der Waals surface area contributed by atoms with Gasteiger partial charge in [0.05, 0.1) is 11.0 Å². The zero-order valence-electron chi connectivity index (χ0n) is 10.1. The lowest BCUT2D eigenvalue weighted by Crippen LogP contribution is -2.09. The maximum absolute atomic E-state index is 5.70. The van der Waals surface area contributed by atoms with Gasteiger partial charge in [-0.05, 0) is 52.7 Å². The number of aromatic nitrogens is 2. The molecule has 18 heavy (non-hydrogen) atoms. The van der Waals surface area contributed by atoms with E-state index in [1.807, 2.05) is 29.1 Å². The second-order valence-corrected chi connectivity index (χ2v) is 4.78. The summed E-state index contributed by atoms with van der Waals surface area (Å²) >= 11 is 3.51. The van der Waals surface area contributed by atoms with Gasteiger partial charge in [-0.15, -0.1) is 0 Å². The van der Waals surface area contributed by atoms with E-state index in [4.69, 9.17) is 10.5 Å². The minimum Gasteiger partial charge on any atom is -0.490 e. The maximum Gasteiger partial charge on any atom is 0.133 e. The van der Waals surface area contributed by atoms with Gasteiger partial charge in [0.1, 0.15) is 12.4 Å². The molecule has 0 saturated heterocycles. The van der Waals surface area contributed by atoms with Crippen molar-refractivity contribution in [2.75, 3.05) is 13.2 Å². The molecule has 2 N–H and O–H groups in total. The Morgan fingerprint density at radius 2 is 2.28 bits per heavy atom. The summed E-state index contributed by atoms with van der Waals surface area (Å²) in [5.74, 6) is 0.850. The average molecular weight is 310 g/mol. The van der Waals surface area contributed by atoms with Crippen molar-refractivity contribution >= 4 is 15.9 Å². The SMILES string of the molecule is NCCc1ccc(OCCn2cccn2)c(Br)c1. The van der Waals surface area contributed by atoms with Crippen molar-refractivity contribution < 1.29 is 4.74 Å². The van der Waals surface area contributed by atoms with Gasteiger partial charge in [0, 0.05) is 12.4 Å². The number of nitrogens with two attached hydrogens (primary N) is 1. The quantitative estimate of drug-likeness (QED) is 0.890. The van der Waals surface area contributed by atoms with Crippen LogP contribution < -0.4 is 10.5 Å². The monoisotopic (exact) mass is 309 g/mol. The molecule has 0 radical (unpaired) electrons. The number of halogens is 1. The van der Waals surface area contributed by atoms with Crippen LogP contribution in [0.15, 0.2) is 41.1 Å². The molecule has 0 spiro atoms. The highest BCUT2D eigenvalue weighted by molar-refractivity contribution is 9.10. The van der Waals surface area contributed by atoms with Crippen molar-refractivity contribution in [2.24, 2.45) is 5.73 Å². The molecule has 0 atom stereocenters. The summed E-state index contributed by atoms with van der Waals surface area (Å²) in [6.45, 7) is 1.99. The fourth-order valence-corrected chi connectivity index (χ4v) is 2.21. The Morgan fingerprint density at radius 3 is 2.94 bits per heavy atom. The van der Waals surface area contributed by atoms with Gasteiger partial charge in [-0.1, -0.05) is 6.07 Å². The van der Waals surface area contributed by atoms with Crippen molar-refractivity contribution in [1.82, 2.24) is 9.78 Å². The first-order valence-electron chi connectivity index (χ1n) is 5.88. The Kier molecular flexibility index (Phi) is 4.78. The zero-order valence-corrected chi connectivity index (χ0v) is 11.6. The topological polar surface area (TPSA) is 53.1 Å². The van der Waals surface area contributed by atoms with Gasteiger partial charge in [0.25, 0.3) is 0 Å². The van der Waals surface area contributed by atoms with E-state index in [2.05, 4.69) is 27.1 Å². The molecule has 0 saturated carbocycles. The summed E-state index contributed by atoms with van der Waals surface area (Å²) in [6.07, 6.45) is 4.56. The molecule has 0 fully saturated rings. The van der Waals surface area contributed by atoms with Crippen LogP contribution in [0.25, 0.3) is 0 Å². The second-order valence-electron chi connectivity index (χ2n) is 3.92. The van der Waals surface area contributed by atoms with E-state index < -0.39 is 0 Å². The molecule has 0 aliphatic rings. The number of hydrogen-bond donors (Lipinski definition) is 1. The lowest BCUT2D eigenvalue weighted by atomic mass is 10.1. The summed E-state index contributed by atoms with van der Waals surface area (Å²) in [7, 11) is 0. The third-order valence-electron chi connectivity index (χ3n) is 2.57. The van der Waals surface area contributed by atoms with Crippen molar-refractivity contribution in [3.8, 4) is 5.75 Å². The highest BCUT2D eigenvalue weighted by Gasteiger charge is 2.02. The van der Waals surface area contributed by atoms with Crippen LogP contribution in [-0.4, -0.2) is 22.9 Å². The largest absolute Gasteiger partial charge is 0.490 e. The molecule has 0 unspecified atom stereocenters. The Labute approximate surface area is 115 Å². The number of nitrogens with zero attached hydrogens (tertiary/aromatic N) is 2. The van der Waals surface area contributed by atoms with Crippen LogP contribution in [-0.2, 0) is 13.0 Å². The van der Waals surface area contributed by atoms with Crippen LogP contribution in [0, 0.1) is 0 Å². The zero-order chi connectivity index (χ0) is 12.8. The molecule has 2 aromatic rings. The van der Waals surface area contributed by atoms with Gasteiger partial charge in [0.2, 0.25) is 0 Å². The van der Waals surface area contributed by atoms with E-state index in [0.29, 0.717) is 13.2 Å². The molecule has 1 aromatic carbocycles. The molecule has 0 amide bonds. The first-order chi connectivity index (χ1) is 8.79. The third kappa shape index (κ3) is 3.58. The standard InChI is InChI=1S/C13H16BrN3O/c14-12-10-11(4-5-15)2-3-13(12)18-9-8-17-7-1-6-16-17/h1-3,6-7,10H,4-5,8-9,15H2. The van der Waals surface area contributed by atoms with E-state index in [9.17, 15) is 0 Å². The van der Waals surface area contributed by atoms with Crippen LogP contribution in [0.1, 0.15) is 5.56 Å². The van der Waals surface area contributed by atoms with E-state index in [0.717, 1.165) is 23.2 Å². The van der Waals surface area contributed by atoms with Gasteiger partial charge >= 0.3 is 0 Å². The summed E-state index contributed by atoms with van der Waals surface area (Å²) in [5.41, 5.74) is 6.74. The molecule has 0 aliphatic heterocycles. The Hall–Kier alpha value is -1.33. The molecule has 0 bridgehead atoms. The molecule has 2 rings (SSSR count). The molecule has 1 heterocycles. The van der Waals surface area contributed by atoms with Crippen molar-refractivity contribution in [3.63, 3.8) is 0 Å². The van der Waals surface area contributed by atoms with Crippen LogP contribution >= 0.6 is 15.9 Å². The molecule has 96 valence electrons. The van der Waals surface area contributed by atoms with E-state index in [1.165, 1.54) is 5.56 Å². The molecule has 4 nitrogen and oxygen atoms in total. The van der Waals surface area contributed by atoms with Gasteiger partial charge < -0.3 is 10.5 Å². The van der Waals surface area contributed by atoms with Gasteiger partial charge in [0.15, 0.2) is 0 Å². The molecule has 5 heteroatoms. The van der Waals surface area contributed by atoms with Crippen LogP contribution in [0.2, 0.25) is 0 Å². The van der Waals surface area contributed by atoms with Crippen molar-refractivity contribution in [2.45, 2.75) is 13.0 Å². The van der Waals surface area contributed by atoms with E-state index >= 15 is 0 Å². The van der Waals surface area contributed by atoms with Crippen LogP contribution in [0.3, 0.4) is 0 Å². The number of hydrogen-bond acceptors (Lipinski definition) is 3. The Bertz CT molecular complexity index is 485. The summed E-state index contributed by atoms with van der Waals surface area (Å²) < 4.78 is 8.51. The smallest absolute Gasteiger partial charge is 0.133 e. The number of benzene rings is 1. The van der Waals surface area contributed by atoms with E-state index in [1.54, 1.807) is 6.20 Å². The van der Waals surface area contributed by atoms with Crippen LogP contribution in [0.4, 0.5) is 0 Å². The Morgan fingerprint density at radius 1 is 1.39 bits per heavy atom. The molecular weight excluding hydrogens is 294 g/mol. The molecular formula is C13H16BrN3O. The van der Waals surface area contributed by atoms with Crippen molar-refractivity contribution in [1.29, 1.82) is 0 Å². The summed E-state index contributed by atoms with van der Waals surface area (Å²) in [5, 5.41) is 4.12. The first-order valence-corrected chi connectivity index (χ1v) is 6.67. The van der Waals surface area contributed by atoms with E-state index in [-0.39, 0.29) is 0 Å². The molecule has 0 aliphatic carbocycles. The summed E-state index contributed by atoms with van der Waals surface area (Å²) in [4.78, 5) is 0. The highest BCUT2D eigenvalue weighted by Crippen LogP contribution is 2.26. The van der Waals surface area contributed by atoms with Gasteiger partial charge in [-0.2, -0.15) is 5.10 Å². The predicted octanol–water partition coefficient (Wildman–Crippen LogP) is 2.23. The normalized spacial score (nSPS) is 10.6. The van der Waals surface area contributed by atoms with Gasteiger partial charge in [-0.25, -0.2) is 0 Å². The number of rotatable bonds is 6. The first kappa shape index (κ1) is 13.1. The third-order valence-corrected chi connectivity index (χ3v) is 3.19. The van der Waals surface area contributed by atoms with Crippen LogP contribution in [0.5, 0.6) is 5.75 Å². The maximum atomic E-state index is 5.70. The highest BCUT2D eigenvalue weighted by atomic mass is 79.9.